The maximum Gasteiger partial charge on any atom is 0.279 e. The Labute approximate surface area is 162 Å². The monoisotopic (exact) mass is 461 g/mol. The summed E-state index contributed by atoms with van der Waals surface area (Å²) in [4.78, 5) is 24.3. The number of amides is 2. The Morgan fingerprint density at radius 3 is 2.27 bits per heavy atom. The molecule has 0 aliphatic rings. The molecule has 0 saturated heterocycles. The van der Waals surface area contributed by atoms with Crippen LogP contribution in [0.15, 0.2) is 45.1 Å². The highest BCUT2D eigenvalue weighted by Crippen LogP contribution is 2.21. The third kappa shape index (κ3) is 5.61. The van der Waals surface area contributed by atoms with Crippen LogP contribution in [0.4, 0.5) is 0 Å². The van der Waals surface area contributed by atoms with Gasteiger partial charge in [-0.3, -0.25) is 20.4 Å². The lowest BCUT2D eigenvalue weighted by Crippen LogP contribution is -2.41. The predicted octanol–water partition coefficient (Wildman–Crippen LogP) is 1.24. The van der Waals surface area contributed by atoms with E-state index in [0.717, 1.165) is 3.79 Å². The highest BCUT2D eigenvalue weighted by Gasteiger charge is 2.16. The molecular weight excluding hydrogens is 446 g/mol. The largest absolute Gasteiger partial charge is 0.392 e. The number of sulfonamides is 1. The van der Waals surface area contributed by atoms with Crippen molar-refractivity contribution in [3.05, 3.63) is 50.6 Å². The Bertz CT molecular complexity index is 894. The minimum Gasteiger partial charge on any atom is -0.392 e. The zero-order chi connectivity index (χ0) is 19.3. The number of benzene rings is 1. The van der Waals surface area contributed by atoms with Crippen LogP contribution in [0.2, 0.25) is 0 Å². The van der Waals surface area contributed by atoms with Crippen molar-refractivity contribution in [3.63, 3.8) is 0 Å². The fourth-order valence-corrected chi connectivity index (χ4v) is 4.19. The van der Waals surface area contributed by atoms with E-state index < -0.39 is 27.9 Å². The molecule has 0 aliphatic carbocycles. The number of hydrogen-bond acceptors (Lipinski definition) is 6. The van der Waals surface area contributed by atoms with Crippen LogP contribution in [0.25, 0.3) is 0 Å². The van der Waals surface area contributed by atoms with Crippen molar-refractivity contribution in [3.8, 4) is 0 Å². The molecule has 0 fully saturated rings. The third-order valence-corrected chi connectivity index (χ3v) is 6.14. The Balaban J connectivity index is 1.97. The first-order valence-electron chi connectivity index (χ1n) is 7.33. The number of hydrogen-bond donors (Lipinski definition) is 4. The van der Waals surface area contributed by atoms with Crippen LogP contribution in [0.1, 0.15) is 27.0 Å². The molecule has 1 aromatic carbocycles. The molecule has 0 spiro atoms. The standard InChI is InChI=1S/C15H16BrN3O5S2/c1-9(20)8-17-26(23,24)11-4-2-10(3-5-11)14(21)18-19-15(22)12-6-7-13(16)25-12/h2-7,9,17,20H,8H2,1H3,(H,18,21)(H,19,22). The summed E-state index contributed by atoms with van der Waals surface area (Å²) in [6.45, 7) is 1.34. The van der Waals surface area contributed by atoms with Gasteiger partial charge < -0.3 is 5.11 Å². The summed E-state index contributed by atoms with van der Waals surface area (Å²) in [6, 6.07) is 8.48. The van der Waals surface area contributed by atoms with Gasteiger partial charge in [0.05, 0.1) is 19.7 Å². The summed E-state index contributed by atoms with van der Waals surface area (Å²) in [7, 11) is -3.77. The van der Waals surface area contributed by atoms with Crippen LogP contribution < -0.4 is 15.6 Å². The van der Waals surface area contributed by atoms with Gasteiger partial charge in [0.1, 0.15) is 0 Å². The minimum absolute atomic E-state index is 0.0397. The van der Waals surface area contributed by atoms with Gasteiger partial charge in [-0.05, 0) is 59.3 Å². The van der Waals surface area contributed by atoms with Gasteiger partial charge in [0.25, 0.3) is 11.8 Å². The number of rotatable bonds is 6. The second kappa shape index (κ2) is 8.73. The molecule has 2 aromatic rings. The molecule has 1 heterocycles. The van der Waals surface area contributed by atoms with Gasteiger partial charge in [-0.2, -0.15) is 0 Å². The second-order valence-corrected chi connectivity index (χ2v) is 9.47. The first kappa shape index (κ1) is 20.5. The Morgan fingerprint density at radius 1 is 1.12 bits per heavy atom. The summed E-state index contributed by atoms with van der Waals surface area (Å²) in [5.74, 6) is -1.05. The first-order chi connectivity index (χ1) is 12.2. The SMILES string of the molecule is CC(O)CNS(=O)(=O)c1ccc(C(=O)NNC(=O)c2ccc(Br)s2)cc1. The molecule has 0 saturated carbocycles. The van der Waals surface area contributed by atoms with Gasteiger partial charge >= 0.3 is 0 Å². The van der Waals surface area contributed by atoms with Crippen molar-refractivity contribution in [1.82, 2.24) is 15.6 Å². The molecule has 4 N–H and O–H groups in total. The van der Waals surface area contributed by atoms with Crippen LogP contribution in [-0.2, 0) is 10.0 Å². The molecule has 1 aromatic heterocycles. The van der Waals surface area contributed by atoms with Crippen molar-refractivity contribution in [2.45, 2.75) is 17.9 Å². The molecule has 11 heteroatoms. The molecule has 140 valence electrons. The minimum atomic E-state index is -3.77. The summed E-state index contributed by atoms with van der Waals surface area (Å²) >= 11 is 4.46. The molecule has 2 amide bonds. The van der Waals surface area contributed by atoms with Gasteiger partial charge in [-0.1, -0.05) is 0 Å². The lowest BCUT2D eigenvalue weighted by molar-refractivity contribution is 0.0849. The van der Waals surface area contributed by atoms with E-state index >= 15 is 0 Å². The average molecular weight is 462 g/mol. The molecule has 0 aliphatic heterocycles. The Hall–Kier alpha value is -1.79. The van der Waals surface area contributed by atoms with Crippen LogP contribution in [0.3, 0.4) is 0 Å². The molecule has 0 bridgehead atoms. The van der Waals surface area contributed by atoms with Gasteiger partial charge in [0, 0.05) is 12.1 Å². The van der Waals surface area contributed by atoms with Crippen LogP contribution in [0, 0.1) is 0 Å². The van der Waals surface area contributed by atoms with E-state index in [1.165, 1.54) is 42.5 Å². The number of nitrogens with one attached hydrogen (secondary N) is 3. The normalized spacial score (nSPS) is 12.4. The lowest BCUT2D eigenvalue weighted by atomic mass is 10.2. The van der Waals surface area contributed by atoms with Crippen LogP contribution in [-0.4, -0.2) is 38.0 Å². The highest BCUT2D eigenvalue weighted by atomic mass is 79.9. The maximum atomic E-state index is 12.0. The topological polar surface area (TPSA) is 125 Å². The third-order valence-electron chi connectivity index (χ3n) is 3.08. The van der Waals surface area contributed by atoms with E-state index in [9.17, 15) is 18.0 Å². The van der Waals surface area contributed by atoms with Crippen LogP contribution >= 0.6 is 27.3 Å². The summed E-state index contributed by atoms with van der Waals surface area (Å²) in [5.41, 5.74) is 4.71. The highest BCUT2D eigenvalue weighted by molar-refractivity contribution is 9.11. The molecule has 8 nitrogen and oxygen atoms in total. The quantitative estimate of drug-likeness (QED) is 0.481. The van der Waals surface area contributed by atoms with Gasteiger partial charge in [0.2, 0.25) is 10.0 Å². The average Bonchev–Trinajstić information content (AvgIpc) is 3.04. The maximum absolute atomic E-state index is 12.0. The summed E-state index contributed by atoms with van der Waals surface area (Å²) in [5, 5.41) is 9.15. The van der Waals surface area contributed by atoms with Crippen molar-refractivity contribution in [2.75, 3.05) is 6.54 Å². The molecule has 0 radical (unpaired) electrons. The van der Waals surface area contributed by atoms with E-state index in [-0.39, 0.29) is 17.0 Å². The summed E-state index contributed by atoms with van der Waals surface area (Å²) in [6.07, 6.45) is -0.817. The fraction of sp³-hybridized carbons (Fsp3) is 0.200. The van der Waals surface area contributed by atoms with E-state index in [1.807, 2.05) is 0 Å². The van der Waals surface area contributed by atoms with Crippen LogP contribution in [0.5, 0.6) is 0 Å². The summed E-state index contributed by atoms with van der Waals surface area (Å²) < 4.78 is 27.1. The van der Waals surface area contributed by atoms with E-state index in [0.29, 0.717) is 4.88 Å². The fourth-order valence-electron chi connectivity index (χ4n) is 1.78. The zero-order valence-corrected chi connectivity index (χ0v) is 16.7. The number of aliphatic hydroxyl groups excluding tert-OH is 1. The smallest absolute Gasteiger partial charge is 0.279 e. The van der Waals surface area contributed by atoms with Crippen molar-refractivity contribution in [1.29, 1.82) is 0 Å². The predicted molar refractivity (Wildman–Crippen MR) is 100 cm³/mol. The van der Waals surface area contributed by atoms with E-state index in [1.54, 1.807) is 12.1 Å². The number of hydrazine groups is 1. The van der Waals surface area contributed by atoms with Crippen molar-refractivity contribution < 1.29 is 23.1 Å². The number of thiophene rings is 1. The Kier molecular flexibility index (Phi) is 6.89. The second-order valence-electron chi connectivity index (χ2n) is 5.24. The molecule has 2 rings (SSSR count). The number of carbonyl (C=O) groups is 2. The van der Waals surface area contributed by atoms with Crippen molar-refractivity contribution in [2.24, 2.45) is 0 Å². The van der Waals surface area contributed by atoms with E-state index in [4.69, 9.17) is 5.11 Å². The van der Waals surface area contributed by atoms with E-state index in [2.05, 4.69) is 31.5 Å². The lowest BCUT2D eigenvalue weighted by Gasteiger charge is -2.09. The molecule has 1 unspecified atom stereocenters. The van der Waals surface area contributed by atoms with Gasteiger partial charge in [0.15, 0.2) is 0 Å². The van der Waals surface area contributed by atoms with Crippen molar-refractivity contribution >= 4 is 49.1 Å². The molecule has 1 atom stereocenters. The Morgan fingerprint density at radius 2 is 1.73 bits per heavy atom. The zero-order valence-electron chi connectivity index (χ0n) is 13.5. The first-order valence-corrected chi connectivity index (χ1v) is 10.4. The molecular formula is C15H16BrN3O5S2. The van der Waals surface area contributed by atoms with Gasteiger partial charge in [-0.25, -0.2) is 13.1 Å². The number of halogens is 1. The number of aliphatic hydroxyl groups is 1. The molecule has 26 heavy (non-hydrogen) atoms. The number of carbonyl (C=O) groups excluding carboxylic acids is 2. The van der Waals surface area contributed by atoms with Gasteiger partial charge in [-0.15, -0.1) is 11.3 Å².